The lowest BCUT2D eigenvalue weighted by molar-refractivity contribution is 0.268. The van der Waals surface area contributed by atoms with Gasteiger partial charge in [-0.2, -0.15) is 4.31 Å². The molecule has 0 radical (unpaired) electrons. The van der Waals surface area contributed by atoms with Crippen molar-refractivity contribution in [3.8, 4) is 0 Å². The number of sulfonamides is 1. The van der Waals surface area contributed by atoms with Gasteiger partial charge in [0, 0.05) is 31.2 Å². The minimum absolute atomic E-state index is 0.0569. The Labute approximate surface area is 131 Å². The Kier molecular flexibility index (Phi) is 7.90. The smallest absolute Gasteiger partial charge is 0.243 e. The fourth-order valence-corrected chi connectivity index (χ4v) is 3.49. The highest BCUT2D eigenvalue weighted by Crippen LogP contribution is 2.17. The molecule has 0 bridgehead atoms. The van der Waals surface area contributed by atoms with Crippen LogP contribution in [0.2, 0.25) is 0 Å². The number of azide groups is 1. The molecule has 0 heterocycles. The summed E-state index contributed by atoms with van der Waals surface area (Å²) >= 11 is 0. The molecular formula is C14H22N4O3S. The van der Waals surface area contributed by atoms with Gasteiger partial charge >= 0.3 is 0 Å². The predicted octanol–water partition coefficient (Wildman–Crippen LogP) is 2.46. The molecule has 122 valence electrons. The summed E-state index contributed by atoms with van der Waals surface area (Å²) in [7, 11) is -3.56. The van der Waals surface area contributed by atoms with Gasteiger partial charge in [0.15, 0.2) is 0 Å². The van der Waals surface area contributed by atoms with Crippen LogP contribution in [0.25, 0.3) is 10.4 Å². The highest BCUT2D eigenvalue weighted by molar-refractivity contribution is 7.89. The molecule has 0 aliphatic heterocycles. The van der Waals surface area contributed by atoms with E-state index in [-0.39, 0.29) is 18.0 Å². The zero-order valence-electron chi connectivity index (χ0n) is 12.7. The zero-order valence-corrected chi connectivity index (χ0v) is 13.5. The van der Waals surface area contributed by atoms with Crippen LogP contribution in [0.5, 0.6) is 0 Å². The van der Waals surface area contributed by atoms with E-state index in [2.05, 4.69) is 10.0 Å². The van der Waals surface area contributed by atoms with E-state index < -0.39 is 10.0 Å². The quantitative estimate of drug-likeness (QED) is 0.309. The van der Waals surface area contributed by atoms with Gasteiger partial charge in [0.2, 0.25) is 10.0 Å². The average Bonchev–Trinajstić information content (AvgIpc) is 2.50. The lowest BCUT2D eigenvalue weighted by Crippen LogP contribution is -2.33. The second-order valence-electron chi connectivity index (χ2n) is 4.96. The Balaban J connectivity index is 2.79. The number of aliphatic hydroxyl groups is 1. The third-order valence-electron chi connectivity index (χ3n) is 3.20. The van der Waals surface area contributed by atoms with Gasteiger partial charge in [0.25, 0.3) is 0 Å². The zero-order chi connectivity index (χ0) is 16.4. The monoisotopic (exact) mass is 326 g/mol. The standard InChI is InChI=1S/C14H22N4O3S/c1-13-5-7-14(8-6-13)22(20,21)18(11-4-12-19)10-3-2-9-16-17-15/h5-8,19H,2-4,9-12H2,1H3. The van der Waals surface area contributed by atoms with Crippen LogP contribution in [-0.4, -0.2) is 44.1 Å². The van der Waals surface area contributed by atoms with Crippen LogP contribution in [0.15, 0.2) is 34.3 Å². The molecule has 1 aromatic rings. The Morgan fingerprint density at radius 3 is 2.41 bits per heavy atom. The number of hydrogen-bond acceptors (Lipinski definition) is 4. The van der Waals surface area contributed by atoms with Crippen LogP contribution in [0.3, 0.4) is 0 Å². The molecule has 7 nitrogen and oxygen atoms in total. The van der Waals surface area contributed by atoms with Crippen LogP contribution in [0.1, 0.15) is 24.8 Å². The lowest BCUT2D eigenvalue weighted by Gasteiger charge is -2.22. The summed E-state index contributed by atoms with van der Waals surface area (Å²) in [4.78, 5) is 2.92. The molecule has 8 heteroatoms. The van der Waals surface area contributed by atoms with Gasteiger partial charge in [0.1, 0.15) is 0 Å². The first-order valence-electron chi connectivity index (χ1n) is 7.21. The van der Waals surface area contributed by atoms with Gasteiger partial charge in [-0.15, -0.1) is 0 Å². The topological polar surface area (TPSA) is 106 Å². The number of aryl methyl sites for hydroxylation is 1. The Hall–Kier alpha value is -1.60. The molecule has 0 amide bonds. The third kappa shape index (κ3) is 5.65. The molecule has 0 atom stereocenters. The normalized spacial score (nSPS) is 11.4. The number of rotatable bonds is 10. The molecule has 1 rings (SSSR count). The molecule has 1 N–H and O–H groups in total. The van der Waals surface area contributed by atoms with Crippen molar-refractivity contribution in [2.24, 2.45) is 5.11 Å². The Morgan fingerprint density at radius 2 is 1.82 bits per heavy atom. The van der Waals surface area contributed by atoms with Crippen LogP contribution >= 0.6 is 0 Å². The molecule has 0 unspecified atom stereocenters. The summed E-state index contributed by atoms with van der Waals surface area (Å²) in [5, 5.41) is 12.4. The van der Waals surface area contributed by atoms with Gasteiger partial charge in [0.05, 0.1) is 4.90 Å². The van der Waals surface area contributed by atoms with Gasteiger partial charge in [-0.25, -0.2) is 8.42 Å². The molecular weight excluding hydrogens is 304 g/mol. The highest BCUT2D eigenvalue weighted by Gasteiger charge is 2.23. The first-order valence-corrected chi connectivity index (χ1v) is 8.65. The van der Waals surface area contributed by atoms with Crippen LogP contribution in [0, 0.1) is 6.92 Å². The number of benzene rings is 1. The van der Waals surface area contributed by atoms with Crippen molar-refractivity contribution >= 4 is 10.0 Å². The molecule has 0 spiro atoms. The van der Waals surface area contributed by atoms with E-state index in [0.717, 1.165) is 5.56 Å². The maximum atomic E-state index is 12.6. The second kappa shape index (κ2) is 9.42. The molecule has 22 heavy (non-hydrogen) atoms. The van der Waals surface area contributed by atoms with Crippen molar-refractivity contribution in [2.75, 3.05) is 26.2 Å². The summed E-state index contributed by atoms with van der Waals surface area (Å²) in [6.07, 6.45) is 1.63. The largest absolute Gasteiger partial charge is 0.396 e. The maximum absolute atomic E-state index is 12.6. The van der Waals surface area contributed by atoms with Crippen LogP contribution in [0.4, 0.5) is 0 Å². The van der Waals surface area contributed by atoms with Crippen molar-refractivity contribution in [1.29, 1.82) is 0 Å². The van der Waals surface area contributed by atoms with E-state index >= 15 is 0 Å². The fourth-order valence-electron chi connectivity index (χ4n) is 1.97. The first kappa shape index (κ1) is 18.4. The van der Waals surface area contributed by atoms with E-state index in [4.69, 9.17) is 10.6 Å². The van der Waals surface area contributed by atoms with E-state index in [0.29, 0.717) is 32.4 Å². The van der Waals surface area contributed by atoms with Crippen LogP contribution < -0.4 is 0 Å². The van der Waals surface area contributed by atoms with Gasteiger partial charge in [-0.05, 0) is 43.9 Å². The third-order valence-corrected chi connectivity index (χ3v) is 5.12. The number of nitrogens with zero attached hydrogens (tertiary/aromatic N) is 4. The average molecular weight is 326 g/mol. The molecule has 0 saturated heterocycles. The van der Waals surface area contributed by atoms with Crippen molar-refractivity contribution in [3.05, 3.63) is 40.3 Å². The Bertz CT molecular complexity index is 595. The first-order chi connectivity index (χ1) is 10.5. The number of aliphatic hydroxyl groups excluding tert-OH is 1. The summed E-state index contributed by atoms with van der Waals surface area (Å²) in [5.74, 6) is 0. The summed E-state index contributed by atoms with van der Waals surface area (Å²) in [6.45, 7) is 2.81. The maximum Gasteiger partial charge on any atom is 0.243 e. The summed E-state index contributed by atoms with van der Waals surface area (Å²) < 4.78 is 26.6. The predicted molar refractivity (Wildman–Crippen MR) is 84.9 cm³/mol. The van der Waals surface area contributed by atoms with Crippen molar-refractivity contribution in [1.82, 2.24) is 4.31 Å². The minimum atomic E-state index is -3.56. The van der Waals surface area contributed by atoms with Crippen molar-refractivity contribution in [3.63, 3.8) is 0 Å². The lowest BCUT2D eigenvalue weighted by atomic mass is 10.2. The van der Waals surface area contributed by atoms with E-state index in [1.165, 1.54) is 4.31 Å². The number of hydrogen-bond donors (Lipinski definition) is 1. The van der Waals surface area contributed by atoms with Gasteiger partial charge in [-0.3, -0.25) is 0 Å². The summed E-state index contributed by atoms with van der Waals surface area (Å²) in [5.41, 5.74) is 9.21. The highest BCUT2D eigenvalue weighted by atomic mass is 32.2. The molecule has 1 aromatic carbocycles. The summed E-state index contributed by atoms with van der Waals surface area (Å²) in [6, 6.07) is 6.71. The fraction of sp³-hybridized carbons (Fsp3) is 0.571. The molecule has 0 aliphatic carbocycles. The molecule has 0 fully saturated rings. The van der Waals surface area contributed by atoms with Gasteiger partial charge < -0.3 is 5.11 Å². The number of unbranched alkanes of at least 4 members (excludes halogenated alkanes) is 1. The van der Waals surface area contributed by atoms with Crippen molar-refractivity contribution in [2.45, 2.75) is 31.1 Å². The van der Waals surface area contributed by atoms with Gasteiger partial charge in [-0.1, -0.05) is 22.8 Å². The minimum Gasteiger partial charge on any atom is -0.396 e. The Morgan fingerprint density at radius 1 is 1.18 bits per heavy atom. The van der Waals surface area contributed by atoms with E-state index in [1.807, 2.05) is 6.92 Å². The van der Waals surface area contributed by atoms with E-state index in [1.54, 1.807) is 24.3 Å². The molecule has 0 aromatic heterocycles. The SMILES string of the molecule is Cc1ccc(S(=O)(=O)N(CCCO)CCCCN=[N+]=[N-])cc1. The second-order valence-corrected chi connectivity index (χ2v) is 6.89. The molecule has 0 saturated carbocycles. The van der Waals surface area contributed by atoms with Crippen LogP contribution in [-0.2, 0) is 10.0 Å². The van der Waals surface area contributed by atoms with Crippen molar-refractivity contribution < 1.29 is 13.5 Å². The molecule has 0 aliphatic rings. The van der Waals surface area contributed by atoms with E-state index in [9.17, 15) is 8.42 Å².